The zero-order valence-electron chi connectivity index (χ0n) is 11.0. The van der Waals surface area contributed by atoms with Gasteiger partial charge in [-0.05, 0) is 43.2 Å². The number of anilines is 1. The second-order valence-corrected chi connectivity index (χ2v) is 6.07. The average Bonchev–Trinajstić information content (AvgIpc) is 2.27. The Morgan fingerprint density at radius 3 is 2.24 bits per heavy atom. The largest absolute Gasteiger partial charge is 0.355 e. The van der Waals surface area contributed by atoms with Crippen molar-refractivity contribution in [3.63, 3.8) is 0 Å². The van der Waals surface area contributed by atoms with Gasteiger partial charge in [0.05, 0.1) is 0 Å². The molecule has 2 heterocycles. The molecule has 0 spiro atoms. The van der Waals surface area contributed by atoms with E-state index >= 15 is 0 Å². The lowest BCUT2D eigenvalue weighted by Crippen LogP contribution is -2.38. The summed E-state index contributed by atoms with van der Waals surface area (Å²) in [6.45, 7) is 10.9. The van der Waals surface area contributed by atoms with Crippen LogP contribution in [0.1, 0.15) is 37.8 Å². The predicted molar refractivity (Wildman–Crippen MR) is 71.7 cm³/mol. The van der Waals surface area contributed by atoms with Crippen LogP contribution in [-0.2, 0) is 0 Å². The van der Waals surface area contributed by atoms with Gasteiger partial charge >= 0.3 is 0 Å². The van der Waals surface area contributed by atoms with E-state index in [0.29, 0.717) is 10.6 Å². The van der Waals surface area contributed by atoms with Crippen LogP contribution in [0.4, 0.5) is 5.82 Å². The molecule has 0 aliphatic carbocycles. The molecule has 0 aromatic carbocycles. The van der Waals surface area contributed by atoms with Crippen LogP contribution in [0.5, 0.6) is 0 Å². The van der Waals surface area contributed by atoms with Gasteiger partial charge < -0.3 is 4.90 Å². The molecule has 2 rings (SSSR count). The standard InChI is InChI=1S/C13H20ClN3/c1-9-10(2)12(16-15-11(9)14)17-7-5-13(3,4)6-8-17/h5-8H2,1-4H3. The lowest BCUT2D eigenvalue weighted by atomic mass is 9.82. The van der Waals surface area contributed by atoms with E-state index < -0.39 is 0 Å². The molecule has 0 atom stereocenters. The fourth-order valence-corrected chi connectivity index (χ4v) is 2.37. The first-order valence-electron chi connectivity index (χ1n) is 6.15. The van der Waals surface area contributed by atoms with Crippen molar-refractivity contribution in [2.45, 2.75) is 40.5 Å². The van der Waals surface area contributed by atoms with Crippen molar-refractivity contribution in [3.8, 4) is 0 Å². The van der Waals surface area contributed by atoms with E-state index in [1.165, 1.54) is 12.8 Å². The van der Waals surface area contributed by atoms with E-state index in [4.69, 9.17) is 11.6 Å². The van der Waals surface area contributed by atoms with E-state index in [1.54, 1.807) is 0 Å². The Balaban J connectivity index is 2.22. The molecule has 94 valence electrons. The third-order valence-electron chi connectivity index (χ3n) is 3.86. The molecule has 1 aliphatic heterocycles. The summed E-state index contributed by atoms with van der Waals surface area (Å²) in [5.41, 5.74) is 2.66. The normalized spacial score (nSPS) is 19.5. The lowest BCUT2D eigenvalue weighted by Gasteiger charge is -2.38. The Kier molecular flexibility index (Phi) is 3.30. The van der Waals surface area contributed by atoms with Gasteiger partial charge in [0.1, 0.15) is 0 Å². The van der Waals surface area contributed by atoms with Gasteiger partial charge in [-0.1, -0.05) is 25.4 Å². The highest BCUT2D eigenvalue weighted by atomic mass is 35.5. The van der Waals surface area contributed by atoms with E-state index in [1.807, 2.05) is 6.92 Å². The zero-order chi connectivity index (χ0) is 12.6. The summed E-state index contributed by atoms with van der Waals surface area (Å²) in [6, 6.07) is 0. The second-order valence-electron chi connectivity index (χ2n) is 5.72. The maximum Gasteiger partial charge on any atom is 0.155 e. The zero-order valence-corrected chi connectivity index (χ0v) is 11.8. The maximum atomic E-state index is 5.98. The fourth-order valence-electron chi connectivity index (χ4n) is 2.19. The van der Waals surface area contributed by atoms with Gasteiger partial charge in [0.2, 0.25) is 0 Å². The maximum absolute atomic E-state index is 5.98. The first kappa shape index (κ1) is 12.6. The van der Waals surface area contributed by atoms with Crippen LogP contribution in [0.15, 0.2) is 0 Å². The number of nitrogens with zero attached hydrogens (tertiary/aromatic N) is 3. The van der Waals surface area contributed by atoms with Crippen molar-refractivity contribution >= 4 is 17.4 Å². The first-order valence-corrected chi connectivity index (χ1v) is 6.53. The predicted octanol–water partition coefficient (Wildman–Crippen LogP) is 3.37. The van der Waals surface area contributed by atoms with Crippen LogP contribution in [0.3, 0.4) is 0 Å². The van der Waals surface area contributed by atoms with Crippen LogP contribution in [0.25, 0.3) is 0 Å². The fraction of sp³-hybridized carbons (Fsp3) is 0.692. The molecule has 1 saturated heterocycles. The van der Waals surface area contributed by atoms with Gasteiger partial charge in [0.15, 0.2) is 11.0 Å². The molecule has 17 heavy (non-hydrogen) atoms. The van der Waals surface area contributed by atoms with Crippen LogP contribution < -0.4 is 4.90 Å². The van der Waals surface area contributed by atoms with Crippen molar-refractivity contribution in [2.75, 3.05) is 18.0 Å². The van der Waals surface area contributed by atoms with Crippen molar-refractivity contribution in [1.29, 1.82) is 0 Å². The Hall–Kier alpha value is -0.830. The van der Waals surface area contributed by atoms with E-state index in [0.717, 1.165) is 30.0 Å². The van der Waals surface area contributed by atoms with Crippen LogP contribution in [-0.4, -0.2) is 23.3 Å². The summed E-state index contributed by atoms with van der Waals surface area (Å²) in [6.07, 6.45) is 2.41. The molecule has 1 aliphatic rings. The summed E-state index contributed by atoms with van der Waals surface area (Å²) in [7, 11) is 0. The molecule has 1 fully saturated rings. The van der Waals surface area contributed by atoms with Crippen LogP contribution in [0.2, 0.25) is 5.15 Å². The van der Waals surface area contributed by atoms with Crippen LogP contribution in [0, 0.1) is 19.3 Å². The minimum Gasteiger partial charge on any atom is -0.355 e. The molecule has 0 unspecified atom stereocenters. The first-order chi connectivity index (χ1) is 7.91. The third kappa shape index (κ3) is 2.54. The molecule has 0 saturated carbocycles. The Labute approximate surface area is 108 Å². The molecule has 1 aromatic heterocycles. The summed E-state index contributed by atoms with van der Waals surface area (Å²) in [5, 5.41) is 8.80. The van der Waals surface area contributed by atoms with E-state index in [-0.39, 0.29) is 0 Å². The van der Waals surface area contributed by atoms with Gasteiger partial charge in [-0.3, -0.25) is 0 Å². The number of aromatic nitrogens is 2. The van der Waals surface area contributed by atoms with Crippen molar-refractivity contribution in [1.82, 2.24) is 10.2 Å². The second kappa shape index (κ2) is 4.45. The molecule has 0 amide bonds. The summed E-state index contributed by atoms with van der Waals surface area (Å²) in [5.74, 6) is 1.00. The van der Waals surface area contributed by atoms with Crippen molar-refractivity contribution < 1.29 is 0 Å². The van der Waals surface area contributed by atoms with Gasteiger partial charge in [-0.2, -0.15) is 0 Å². The molecule has 4 heteroatoms. The monoisotopic (exact) mass is 253 g/mol. The Morgan fingerprint density at radius 2 is 1.65 bits per heavy atom. The molecule has 0 radical (unpaired) electrons. The molecule has 3 nitrogen and oxygen atoms in total. The summed E-state index contributed by atoms with van der Waals surface area (Å²) in [4.78, 5) is 2.33. The molecule has 1 aromatic rings. The number of hydrogen-bond acceptors (Lipinski definition) is 3. The average molecular weight is 254 g/mol. The minimum absolute atomic E-state index is 0.458. The molecule has 0 bridgehead atoms. The SMILES string of the molecule is Cc1c(Cl)nnc(N2CCC(C)(C)CC2)c1C. The summed E-state index contributed by atoms with van der Waals surface area (Å²) >= 11 is 5.98. The Morgan fingerprint density at radius 1 is 1.06 bits per heavy atom. The number of rotatable bonds is 1. The number of hydrogen-bond donors (Lipinski definition) is 0. The highest BCUT2D eigenvalue weighted by molar-refractivity contribution is 6.30. The van der Waals surface area contributed by atoms with Crippen molar-refractivity contribution in [3.05, 3.63) is 16.3 Å². The smallest absolute Gasteiger partial charge is 0.155 e. The van der Waals surface area contributed by atoms with E-state index in [2.05, 4.69) is 35.9 Å². The number of piperidine rings is 1. The van der Waals surface area contributed by atoms with Gasteiger partial charge in [-0.25, -0.2) is 0 Å². The van der Waals surface area contributed by atoms with E-state index in [9.17, 15) is 0 Å². The van der Waals surface area contributed by atoms with Gasteiger partial charge in [0, 0.05) is 13.1 Å². The highest BCUT2D eigenvalue weighted by Crippen LogP contribution is 2.33. The topological polar surface area (TPSA) is 29.0 Å². The van der Waals surface area contributed by atoms with Gasteiger partial charge in [-0.15, -0.1) is 10.2 Å². The lowest BCUT2D eigenvalue weighted by molar-refractivity contribution is 0.278. The minimum atomic E-state index is 0.458. The van der Waals surface area contributed by atoms with Crippen molar-refractivity contribution in [2.24, 2.45) is 5.41 Å². The highest BCUT2D eigenvalue weighted by Gasteiger charge is 2.27. The molecular formula is C13H20ClN3. The molecule has 0 N–H and O–H groups in total. The summed E-state index contributed by atoms with van der Waals surface area (Å²) < 4.78 is 0. The van der Waals surface area contributed by atoms with Gasteiger partial charge in [0.25, 0.3) is 0 Å². The van der Waals surface area contributed by atoms with Crippen LogP contribution >= 0.6 is 11.6 Å². The third-order valence-corrected chi connectivity index (χ3v) is 4.22. The molecular weight excluding hydrogens is 234 g/mol. The quantitative estimate of drug-likeness (QED) is 0.768. The number of halogens is 1. The Bertz CT molecular complexity index is 419.